The average molecular weight is 204 g/mol. The lowest BCUT2D eigenvalue weighted by Crippen LogP contribution is -2.45. The third-order valence-electron chi connectivity index (χ3n) is 3.07. The molecule has 1 aliphatic rings. The van der Waals surface area contributed by atoms with Gasteiger partial charge in [0.2, 0.25) is 0 Å². The van der Waals surface area contributed by atoms with E-state index in [9.17, 15) is 4.79 Å². The van der Waals surface area contributed by atoms with Gasteiger partial charge < -0.3 is 5.32 Å². The maximum absolute atomic E-state index is 12.0. The van der Waals surface area contributed by atoms with Crippen molar-refractivity contribution >= 4 is 5.78 Å². The quantitative estimate of drug-likeness (QED) is 0.807. The fourth-order valence-corrected chi connectivity index (χ4v) is 2.02. The summed E-state index contributed by atoms with van der Waals surface area (Å²) in [7, 11) is 0. The van der Waals surface area contributed by atoms with Crippen LogP contribution in [0.1, 0.15) is 25.3 Å². The van der Waals surface area contributed by atoms with Crippen molar-refractivity contribution in [3.8, 4) is 0 Å². The molecule has 3 heteroatoms. The lowest BCUT2D eigenvalue weighted by atomic mass is 9.91. The molecule has 1 aromatic heterocycles. The van der Waals surface area contributed by atoms with Crippen LogP contribution in [0.25, 0.3) is 0 Å². The van der Waals surface area contributed by atoms with Crippen LogP contribution >= 0.6 is 0 Å². The van der Waals surface area contributed by atoms with Crippen LogP contribution in [0, 0.1) is 0 Å². The molecule has 0 unspecified atom stereocenters. The fraction of sp³-hybridized carbons (Fsp3) is 0.500. The summed E-state index contributed by atoms with van der Waals surface area (Å²) in [5.41, 5.74) is 0.688. The number of ketones is 1. The Morgan fingerprint density at radius 2 is 2.53 bits per heavy atom. The summed E-state index contributed by atoms with van der Waals surface area (Å²) in [4.78, 5) is 16.1. The van der Waals surface area contributed by atoms with Gasteiger partial charge in [0.25, 0.3) is 0 Å². The molecule has 2 heterocycles. The van der Waals surface area contributed by atoms with Crippen LogP contribution in [0.4, 0.5) is 0 Å². The van der Waals surface area contributed by atoms with Gasteiger partial charge in [-0.05, 0) is 37.9 Å². The van der Waals surface area contributed by atoms with Gasteiger partial charge in [-0.15, -0.1) is 0 Å². The standard InChI is InChI=1S/C12H16N2O/c1-12(5-3-7-14-12)11(15)8-10-4-2-6-13-9-10/h2,4,6,9,14H,3,5,7-8H2,1H3/t12-/m1/s1. The number of hydrogen-bond acceptors (Lipinski definition) is 3. The maximum atomic E-state index is 12.0. The van der Waals surface area contributed by atoms with Crippen molar-refractivity contribution in [1.82, 2.24) is 10.3 Å². The first-order chi connectivity index (χ1) is 7.21. The van der Waals surface area contributed by atoms with Crippen molar-refractivity contribution in [2.24, 2.45) is 0 Å². The fourth-order valence-electron chi connectivity index (χ4n) is 2.02. The second-order valence-electron chi connectivity index (χ2n) is 4.32. The lowest BCUT2D eigenvalue weighted by molar-refractivity contribution is -0.123. The predicted molar refractivity (Wildman–Crippen MR) is 58.6 cm³/mol. The number of pyridine rings is 1. The Kier molecular flexibility index (Phi) is 2.82. The summed E-state index contributed by atoms with van der Waals surface area (Å²) in [6.07, 6.45) is 6.01. The summed E-state index contributed by atoms with van der Waals surface area (Å²) in [6.45, 7) is 2.95. The van der Waals surface area contributed by atoms with Gasteiger partial charge in [-0.3, -0.25) is 9.78 Å². The molecule has 0 bridgehead atoms. The Hall–Kier alpha value is -1.22. The van der Waals surface area contributed by atoms with E-state index in [1.807, 2.05) is 19.1 Å². The molecular formula is C12H16N2O. The van der Waals surface area contributed by atoms with Gasteiger partial charge in [-0.25, -0.2) is 0 Å². The van der Waals surface area contributed by atoms with Crippen molar-refractivity contribution in [1.29, 1.82) is 0 Å². The third-order valence-corrected chi connectivity index (χ3v) is 3.07. The SMILES string of the molecule is C[C@]1(C(=O)Cc2cccnc2)CCCN1. The van der Waals surface area contributed by atoms with E-state index in [1.54, 1.807) is 12.4 Å². The monoisotopic (exact) mass is 204 g/mol. The number of Topliss-reactive ketones (excluding diaryl/α,β-unsaturated/α-hetero) is 1. The summed E-state index contributed by atoms with van der Waals surface area (Å²) in [5.74, 6) is 0.271. The minimum Gasteiger partial charge on any atom is -0.305 e. The average Bonchev–Trinajstić information content (AvgIpc) is 2.68. The molecule has 2 rings (SSSR count). The molecular weight excluding hydrogens is 188 g/mol. The van der Waals surface area contributed by atoms with Gasteiger partial charge in [0.1, 0.15) is 0 Å². The number of carbonyl (C=O) groups is 1. The summed E-state index contributed by atoms with van der Waals surface area (Å²) < 4.78 is 0. The van der Waals surface area contributed by atoms with Gasteiger partial charge in [0, 0.05) is 18.8 Å². The molecule has 0 saturated carbocycles. The van der Waals surface area contributed by atoms with Crippen molar-refractivity contribution in [2.75, 3.05) is 6.54 Å². The number of carbonyl (C=O) groups excluding carboxylic acids is 1. The Balaban J connectivity index is 2.04. The zero-order chi connectivity index (χ0) is 10.7. The number of rotatable bonds is 3. The number of nitrogens with one attached hydrogen (secondary N) is 1. The van der Waals surface area contributed by atoms with Gasteiger partial charge in [-0.1, -0.05) is 6.07 Å². The van der Waals surface area contributed by atoms with E-state index in [0.29, 0.717) is 6.42 Å². The predicted octanol–water partition coefficient (Wildman–Crippen LogP) is 1.34. The topological polar surface area (TPSA) is 42.0 Å². The highest BCUT2D eigenvalue weighted by Gasteiger charge is 2.35. The van der Waals surface area contributed by atoms with Crippen LogP contribution in [-0.4, -0.2) is 22.9 Å². The Morgan fingerprint density at radius 3 is 3.13 bits per heavy atom. The van der Waals surface area contributed by atoms with Crippen molar-refractivity contribution in [3.63, 3.8) is 0 Å². The molecule has 0 aromatic carbocycles. The molecule has 1 saturated heterocycles. The first kappa shape index (κ1) is 10.3. The van der Waals surface area contributed by atoms with Crippen molar-refractivity contribution < 1.29 is 4.79 Å². The summed E-state index contributed by atoms with van der Waals surface area (Å²) in [5, 5.41) is 3.28. The summed E-state index contributed by atoms with van der Waals surface area (Å²) >= 11 is 0. The minimum absolute atomic E-state index is 0.271. The highest BCUT2D eigenvalue weighted by Crippen LogP contribution is 2.21. The molecule has 1 aromatic rings. The highest BCUT2D eigenvalue weighted by atomic mass is 16.1. The molecule has 1 N–H and O–H groups in total. The van der Waals surface area contributed by atoms with E-state index in [1.165, 1.54) is 0 Å². The first-order valence-electron chi connectivity index (χ1n) is 5.38. The van der Waals surface area contributed by atoms with E-state index in [2.05, 4.69) is 10.3 Å². The Morgan fingerprint density at radius 1 is 1.67 bits per heavy atom. The summed E-state index contributed by atoms with van der Waals surface area (Å²) in [6, 6.07) is 3.82. The number of nitrogens with zero attached hydrogens (tertiary/aromatic N) is 1. The van der Waals surface area contributed by atoms with Crippen LogP contribution in [0.5, 0.6) is 0 Å². The largest absolute Gasteiger partial charge is 0.305 e. The molecule has 0 aliphatic carbocycles. The normalized spacial score (nSPS) is 25.4. The van der Waals surface area contributed by atoms with Gasteiger partial charge in [0.15, 0.2) is 5.78 Å². The smallest absolute Gasteiger partial charge is 0.156 e. The molecule has 1 fully saturated rings. The van der Waals surface area contributed by atoms with Crippen LogP contribution < -0.4 is 5.32 Å². The van der Waals surface area contributed by atoms with Gasteiger partial charge in [0.05, 0.1) is 5.54 Å². The highest BCUT2D eigenvalue weighted by molar-refractivity contribution is 5.90. The molecule has 15 heavy (non-hydrogen) atoms. The lowest BCUT2D eigenvalue weighted by Gasteiger charge is -2.22. The number of aromatic nitrogens is 1. The molecule has 0 radical (unpaired) electrons. The van der Waals surface area contributed by atoms with Crippen LogP contribution in [0.15, 0.2) is 24.5 Å². The van der Waals surface area contributed by atoms with E-state index < -0.39 is 0 Å². The second-order valence-corrected chi connectivity index (χ2v) is 4.32. The van der Waals surface area contributed by atoms with E-state index in [0.717, 1.165) is 24.9 Å². The Labute approximate surface area is 89.9 Å². The van der Waals surface area contributed by atoms with Gasteiger partial charge >= 0.3 is 0 Å². The van der Waals surface area contributed by atoms with E-state index in [-0.39, 0.29) is 11.3 Å². The minimum atomic E-state index is -0.310. The third kappa shape index (κ3) is 2.23. The van der Waals surface area contributed by atoms with Crippen LogP contribution in [0.2, 0.25) is 0 Å². The zero-order valence-corrected chi connectivity index (χ0v) is 8.99. The van der Waals surface area contributed by atoms with E-state index >= 15 is 0 Å². The molecule has 0 amide bonds. The molecule has 80 valence electrons. The Bertz CT molecular complexity index is 342. The molecule has 3 nitrogen and oxygen atoms in total. The molecule has 0 spiro atoms. The molecule has 1 aliphatic heterocycles. The van der Waals surface area contributed by atoms with Gasteiger partial charge in [-0.2, -0.15) is 0 Å². The van der Waals surface area contributed by atoms with Crippen LogP contribution in [0.3, 0.4) is 0 Å². The second kappa shape index (κ2) is 4.11. The van der Waals surface area contributed by atoms with Crippen LogP contribution in [-0.2, 0) is 11.2 Å². The first-order valence-corrected chi connectivity index (χ1v) is 5.38. The van der Waals surface area contributed by atoms with Crippen molar-refractivity contribution in [3.05, 3.63) is 30.1 Å². The molecule has 1 atom stereocenters. The maximum Gasteiger partial charge on any atom is 0.156 e. The van der Waals surface area contributed by atoms with Crippen molar-refractivity contribution in [2.45, 2.75) is 31.7 Å². The van der Waals surface area contributed by atoms with E-state index in [4.69, 9.17) is 0 Å². The zero-order valence-electron chi connectivity index (χ0n) is 8.99. The number of hydrogen-bond donors (Lipinski definition) is 1.